The number of ether oxygens (including phenoxy) is 1. The van der Waals surface area contributed by atoms with Crippen LogP contribution < -0.4 is 4.74 Å². The first-order chi connectivity index (χ1) is 7.86. The molecule has 0 aliphatic carbocycles. The van der Waals surface area contributed by atoms with E-state index in [1.54, 1.807) is 0 Å². The van der Waals surface area contributed by atoms with Crippen LogP contribution in [0.25, 0.3) is 0 Å². The molecule has 2 heteroatoms. The average Bonchev–Trinajstić information content (AvgIpc) is 2.33. The topological polar surface area (TPSA) is 29.5 Å². The van der Waals surface area contributed by atoms with Crippen LogP contribution in [0.1, 0.15) is 38.2 Å². The van der Waals surface area contributed by atoms with Gasteiger partial charge >= 0.3 is 0 Å². The van der Waals surface area contributed by atoms with Gasteiger partial charge in [0.15, 0.2) is 0 Å². The second-order valence-electron chi connectivity index (χ2n) is 4.03. The van der Waals surface area contributed by atoms with E-state index in [1.807, 2.05) is 12.1 Å². The molecule has 1 aromatic rings. The fraction of sp³-hybridized carbons (Fsp3) is 0.571. The highest BCUT2D eigenvalue weighted by Crippen LogP contribution is 2.15. The largest absolute Gasteiger partial charge is 0.494 e. The lowest BCUT2D eigenvalue weighted by Crippen LogP contribution is -1.95. The highest BCUT2D eigenvalue weighted by Gasteiger charge is 1.97. The first kappa shape index (κ1) is 13.0. The molecule has 16 heavy (non-hydrogen) atoms. The summed E-state index contributed by atoms with van der Waals surface area (Å²) in [4.78, 5) is 0. The summed E-state index contributed by atoms with van der Waals surface area (Å²) in [5.41, 5.74) is 1.33. The van der Waals surface area contributed by atoms with E-state index in [1.165, 1.54) is 5.56 Å². The Hall–Kier alpha value is -1.02. The first-order valence-electron chi connectivity index (χ1n) is 6.19. The third-order valence-corrected chi connectivity index (χ3v) is 2.49. The first-order valence-corrected chi connectivity index (χ1v) is 6.19. The third kappa shape index (κ3) is 5.17. The van der Waals surface area contributed by atoms with Crippen LogP contribution in [-0.4, -0.2) is 18.3 Å². The second-order valence-corrected chi connectivity index (χ2v) is 4.03. The predicted molar refractivity (Wildman–Crippen MR) is 66.9 cm³/mol. The molecule has 0 aliphatic rings. The monoisotopic (exact) mass is 222 g/mol. The van der Waals surface area contributed by atoms with Crippen LogP contribution >= 0.6 is 0 Å². The van der Waals surface area contributed by atoms with E-state index in [-0.39, 0.29) is 0 Å². The molecule has 0 unspecified atom stereocenters. The number of aliphatic hydroxyl groups excluding tert-OH is 1. The maximum atomic E-state index is 8.68. The van der Waals surface area contributed by atoms with Gasteiger partial charge in [0.05, 0.1) is 6.61 Å². The van der Waals surface area contributed by atoms with Gasteiger partial charge in [0.2, 0.25) is 0 Å². The Bertz CT molecular complexity index is 284. The SMILES string of the molecule is CCCOc1cccc(CCCCCO)c1. The molecule has 0 saturated heterocycles. The summed E-state index contributed by atoms with van der Waals surface area (Å²) < 4.78 is 5.58. The molecular weight excluding hydrogens is 200 g/mol. The quantitative estimate of drug-likeness (QED) is 0.684. The van der Waals surface area contributed by atoms with Crippen molar-refractivity contribution >= 4 is 0 Å². The minimum absolute atomic E-state index is 0.305. The average molecular weight is 222 g/mol. The van der Waals surface area contributed by atoms with Gasteiger partial charge in [-0.25, -0.2) is 0 Å². The van der Waals surface area contributed by atoms with Crippen molar-refractivity contribution in [1.82, 2.24) is 0 Å². The normalized spacial score (nSPS) is 10.4. The lowest BCUT2D eigenvalue weighted by atomic mass is 10.1. The zero-order chi connectivity index (χ0) is 11.6. The highest BCUT2D eigenvalue weighted by atomic mass is 16.5. The van der Waals surface area contributed by atoms with Gasteiger partial charge in [-0.05, 0) is 43.4 Å². The van der Waals surface area contributed by atoms with E-state index in [2.05, 4.69) is 19.1 Å². The molecule has 0 saturated carbocycles. The van der Waals surface area contributed by atoms with E-state index in [9.17, 15) is 0 Å². The van der Waals surface area contributed by atoms with E-state index >= 15 is 0 Å². The lowest BCUT2D eigenvalue weighted by Gasteiger charge is -2.06. The van der Waals surface area contributed by atoms with Crippen molar-refractivity contribution in [2.45, 2.75) is 39.0 Å². The molecule has 0 aliphatic heterocycles. The number of aryl methyl sites for hydroxylation is 1. The van der Waals surface area contributed by atoms with Crippen molar-refractivity contribution in [3.63, 3.8) is 0 Å². The predicted octanol–water partition coefficient (Wildman–Crippen LogP) is 3.18. The van der Waals surface area contributed by atoms with Crippen LogP contribution in [0, 0.1) is 0 Å². The number of unbranched alkanes of at least 4 members (excludes halogenated alkanes) is 2. The van der Waals surface area contributed by atoms with Gasteiger partial charge < -0.3 is 9.84 Å². The molecule has 1 rings (SSSR count). The van der Waals surface area contributed by atoms with Crippen molar-refractivity contribution in [1.29, 1.82) is 0 Å². The zero-order valence-corrected chi connectivity index (χ0v) is 10.1. The van der Waals surface area contributed by atoms with Crippen molar-refractivity contribution in [2.75, 3.05) is 13.2 Å². The van der Waals surface area contributed by atoms with Crippen LogP contribution in [0.5, 0.6) is 5.75 Å². The van der Waals surface area contributed by atoms with Crippen molar-refractivity contribution in [2.24, 2.45) is 0 Å². The van der Waals surface area contributed by atoms with Crippen LogP contribution in [0.4, 0.5) is 0 Å². The molecular formula is C14H22O2. The Morgan fingerprint density at radius 3 is 2.81 bits per heavy atom. The summed E-state index contributed by atoms with van der Waals surface area (Å²) in [6.45, 7) is 3.20. The lowest BCUT2D eigenvalue weighted by molar-refractivity contribution is 0.283. The standard InChI is InChI=1S/C14H22O2/c1-2-11-16-14-9-6-8-13(12-14)7-4-3-5-10-15/h6,8-9,12,15H,2-5,7,10-11H2,1H3. The summed E-state index contributed by atoms with van der Waals surface area (Å²) in [5, 5.41) is 8.68. The van der Waals surface area contributed by atoms with Gasteiger partial charge in [-0.3, -0.25) is 0 Å². The van der Waals surface area contributed by atoms with Crippen LogP contribution in [-0.2, 0) is 6.42 Å². The molecule has 1 N–H and O–H groups in total. The number of hydrogen-bond donors (Lipinski definition) is 1. The summed E-state index contributed by atoms with van der Waals surface area (Å²) in [7, 11) is 0. The Balaban J connectivity index is 2.35. The van der Waals surface area contributed by atoms with Gasteiger partial charge in [-0.1, -0.05) is 25.5 Å². The Morgan fingerprint density at radius 2 is 2.06 bits per heavy atom. The highest BCUT2D eigenvalue weighted by molar-refractivity contribution is 5.28. The Kier molecular flexibility index (Phi) is 6.66. The Labute approximate surface area is 98.3 Å². The molecule has 0 fully saturated rings. The van der Waals surface area contributed by atoms with Crippen LogP contribution in [0.15, 0.2) is 24.3 Å². The maximum absolute atomic E-state index is 8.68. The molecule has 0 heterocycles. The number of benzene rings is 1. The third-order valence-electron chi connectivity index (χ3n) is 2.49. The smallest absolute Gasteiger partial charge is 0.119 e. The van der Waals surface area contributed by atoms with Gasteiger partial charge in [-0.15, -0.1) is 0 Å². The summed E-state index contributed by atoms with van der Waals surface area (Å²) in [5.74, 6) is 0.974. The fourth-order valence-corrected chi connectivity index (χ4v) is 1.63. The second kappa shape index (κ2) is 8.17. The van der Waals surface area contributed by atoms with Gasteiger partial charge in [-0.2, -0.15) is 0 Å². The Morgan fingerprint density at radius 1 is 1.19 bits per heavy atom. The van der Waals surface area contributed by atoms with Crippen molar-refractivity contribution in [3.8, 4) is 5.75 Å². The minimum Gasteiger partial charge on any atom is -0.494 e. The summed E-state index contributed by atoms with van der Waals surface area (Å²) >= 11 is 0. The van der Waals surface area contributed by atoms with E-state index < -0.39 is 0 Å². The van der Waals surface area contributed by atoms with Crippen LogP contribution in [0.3, 0.4) is 0 Å². The molecule has 0 radical (unpaired) electrons. The molecule has 0 aromatic heterocycles. The van der Waals surface area contributed by atoms with Gasteiger partial charge in [0.25, 0.3) is 0 Å². The van der Waals surface area contributed by atoms with E-state index in [0.717, 1.165) is 44.5 Å². The minimum atomic E-state index is 0.305. The van der Waals surface area contributed by atoms with E-state index in [4.69, 9.17) is 9.84 Å². The fourth-order valence-electron chi connectivity index (χ4n) is 1.63. The van der Waals surface area contributed by atoms with Crippen LogP contribution in [0.2, 0.25) is 0 Å². The summed E-state index contributed by atoms with van der Waals surface area (Å²) in [6.07, 6.45) is 5.25. The molecule has 0 amide bonds. The molecule has 90 valence electrons. The zero-order valence-electron chi connectivity index (χ0n) is 10.1. The molecule has 1 aromatic carbocycles. The van der Waals surface area contributed by atoms with Crippen molar-refractivity contribution in [3.05, 3.63) is 29.8 Å². The number of rotatable bonds is 8. The molecule has 0 bridgehead atoms. The molecule has 0 atom stereocenters. The van der Waals surface area contributed by atoms with Gasteiger partial charge in [0, 0.05) is 6.61 Å². The maximum Gasteiger partial charge on any atom is 0.119 e. The van der Waals surface area contributed by atoms with Gasteiger partial charge in [0.1, 0.15) is 5.75 Å². The summed E-state index contributed by atoms with van der Waals surface area (Å²) in [6, 6.07) is 8.31. The molecule has 2 nitrogen and oxygen atoms in total. The number of hydrogen-bond acceptors (Lipinski definition) is 2. The molecule has 0 spiro atoms. The van der Waals surface area contributed by atoms with E-state index in [0.29, 0.717) is 6.61 Å². The number of aliphatic hydroxyl groups is 1. The van der Waals surface area contributed by atoms with Crippen molar-refractivity contribution < 1.29 is 9.84 Å².